The Kier molecular flexibility index (Phi) is 26.7. The van der Waals surface area contributed by atoms with Crippen molar-refractivity contribution in [2.45, 2.75) is 156 Å². The van der Waals surface area contributed by atoms with E-state index in [0.717, 1.165) is 0 Å². The van der Waals surface area contributed by atoms with Crippen molar-refractivity contribution in [3.8, 4) is 5.75 Å². The van der Waals surface area contributed by atoms with Gasteiger partial charge in [0.25, 0.3) is 0 Å². The van der Waals surface area contributed by atoms with Crippen LogP contribution in [-0.2, 0) is 60.4 Å². The van der Waals surface area contributed by atoms with Crippen molar-refractivity contribution in [1.29, 1.82) is 0 Å². The Balaban J connectivity index is 3.08. The van der Waals surface area contributed by atoms with Gasteiger partial charge in [0.15, 0.2) is 0 Å². The van der Waals surface area contributed by atoms with Gasteiger partial charge in [-0.3, -0.25) is 42.6 Å². The molecule has 10 atom stereocenters. The van der Waals surface area contributed by atoms with Crippen molar-refractivity contribution < 1.29 is 62.7 Å². The van der Waals surface area contributed by atoms with E-state index in [2.05, 4.69) is 42.5 Å². The number of phenolic OH excluding ortho intramolecular Hbond substituents is 1. The molecule has 0 aliphatic rings. The molecule has 0 heterocycles. The maximum atomic E-state index is 13.8. The first-order valence-electron chi connectivity index (χ1n) is 23.2. The quantitative estimate of drug-likeness (QED) is 0.0432. The third-order valence-corrected chi connectivity index (χ3v) is 11.4. The number of aliphatic hydroxyl groups excluding tert-OH is 1. The Morgan fingerprint density at radius 3 is 1.48 bits per heavy atom. The number of carboxylic acid groups (broad SMARTS) is 1. The fraction of sp³-hybridized carbons (Fsp3) is 0.674. The summed E-state index contributed by atoms with van der Waals surface area (Å²) in [5.74, 6) is -8.58. The first-order valence-corrected chi connectivity index (χ1v) is 24.9. The summed E-state index contributed by atoms with van der Waals surface area (Å²) >= 11 is 0. The molecular formula is C46H77N9O13S. The van der Waals surface area contributed by atoms with Crippen LogP contribution in [0.5, 0.6) is 5.75 Å². The van der Waals surface area contributed by atoms with E-state index in [1.165, 1.54) is 32.2 Å². The number of carbonyl (C=O) groups is 9. The van der Waals surface area contributed by atoms with Gasteiger partial charge in [0.05, 0.1) is 18.7 Å². The molecule has 0 radical (unpaired) electrons. The lowest BCUT2D eigenvalue weighted by molar-refractivity contribution is -0.143. The fourth-order valence-electron chi connectivity index (χ4n) is 6.82. The van der Waals surface area contributed by atoms with Crippen molar-refractivity contribution in [2.75, 3.05) is 18.6 Å². The number of nitrogens with two attached hydrogens (primary N) is 1. The molecule has 1 aromatic carbocycles. The van der Waals surface area contributed by atoms with Crippen LogP contribution in [0.25, 0.3) is 0 Å². The Bertz CT molecular complexity index is 1930. The number of phenols is 1. The topological polar surface area (TPSA) is 354 Å². The third kappa shape index (κ3) is 23.5. The summed E-state index contributed by atoms with van der Waals surface area (Å²) in [7, 11) is -1.41. The first-order chi connectivity index (χ1) is 32.0. The van der Waals surface area contributed by atoms with Gasteiger partial charge in [-0.15, -0.1) is 0 Å². The minimum atomic E-state index is -1.67. The Morgan fingerprint density at radius 2 is 1.01 bits per heavy atom. The lowest BCUT2D eigenvalue weighted by Gasteiger charge is -2.29. The lowest BCUT2D eigenvalue weighted by Crippen LogP contribution is -2.61. The molecule has 13 N–H and O–H groups in total. The summed E-state index contributed by atoms with van der Waals surface area (Å²) in [6.45, 7) is 15.9. The SMILES string of the molecule is CC(C)C[C@H](NC(=O)CNC(=O)[C@H](C)NC(=O)[C@H](CC(C)C)NC(=O)[C@@H](N)Cc1ccc(O)cc1)C(=O)N[C@@H](CC(C)C)C(=O)N[C@H](C(=O)N[C@@H](CCS(C)=O)C(=O)N[C@H](C(=O)O)C(C)C)[C@@H](C)O. The van der Waals surface area contributed by atoms with Gasteiger partial charge in [0.2, 0.25) is 47.3 Å². The van der Waals surface area contributed by atoms with E-state index in [0.29, 0.717) is 5.56 Å². The number of carboxylic acids is 1. The fourth-order valence-corrected chi connectivity index (χ4v) is 7.39. The van der Waals surface area contributed by atoms with E-state index in [1.807, 2.05) is 13.8 Å². The number of aromatic hydroxyl groups is 1. The van der Waals surface area contributed by atoms with Gasteiger partial charge in [-0.05, 0) is 87.3 Å². The molecule has 0 saturated carbocycles. The van der Waals surface area contributed by atoms with E-state index in [-0.39, 0.29) is 61.4 Å². The highest BCUT2D eigenvalue weighted by molar-refractivity contribution is 7.84. The number of carbonyl (C=O) groups excluding carboxylic acids is 8. The van der Waals surface area contributed by atoms with Crippen LogP contribution in [0.15, 0.2) is 24.3 Å². The highest BCUT2D eigenvalue weighted by Gasteiger charge is 2.35. The molecule has 1 aromatic rings. The van der Waals surface area contributed by atoms with Crippen molar-refractivity contribution in [3.05, 3.63) is 29.8 Å². The van der Waals surface area contributed by atoms with Crippen LogP contribution < -0.4 is 48.3 Å². The van der Waals surface area contributed by atoms with Crippen LogP contribution in [0.3, 0.4) is 0 Å². The lowest BCUT2D eigenvalue weighted by atomic mass is 9.99. The predicted molar refractivity (Wildman–Crippen MR) is 258 cm³/mol. The van der Waals surface area contributed by atoms with Gasteiger partial charge < -0.3 is 63.6 Å². The zero-order chi connectivity index (χ0) is 52.9. The minimum absolute atomic E-state index is 0.0428. The van der Waals surface area contributed by atoms with Crippen LogP contribution in [0.1, 0.15) is 100 Å². The Morgan fingerprint density at radius 1 is 0.580 bits per heavy atom. The van der Waals surface area contributed by atoms with Crippen molar-refractivity contribution in [2.24, 2.45) is 29.4 Å². The molecule has 0 saturated heterocycles. The maximum absolute atomic E-state index is 13.8. The van der Waals surface area contributed by atoms with Crippen LogP contribution in [0, 0.1) is 23.7 Å². The first kappa shape index (κ1) is 61.3. The largest absolute Gasteiger partial charge is 0.508 e. The monoisotopic (exact) mass is 996 g/mol. The molecule has 390 valence electrons. The molecule has 0 fully saturated rings. The van der Waals surface area contributed by atoms with E-state index in [1.54, 1.807) is 53.7 Å². The summed E-state index contributed by atoms with van der Waals surface area (Å²) < 4.78 is 11.9. The minimum Gasteiger partial charge on any atom is -0.508 e. The van der Waals surface area contributed by atoms with Gasteiger partial charge >= 0.3 is 5.97 Å². The normalized spacial score (nSPS) is 15.8. The summed E-state index contributed by atoms with van der Waals surface area (Å²) in [5.41, 5.74) is 6.80. The second kappa shape index (κ2) is 30.0. The number of hydrogen-bond acceptors (Lipinski definition) is 13. The molecule has 1 rings (SSSR count). The van der Waals surface area contributed by atoms with Gasteiger partial charge in [-0.25, -0.2) is 4.79 Å². The zero-order valence-electron chi connectivity index (χ0n) is 41.7. The number of hydrogen-bond donors (Lipinski definition) is 12. The summed E-state index contributed by atoms with van der Waals surface area (Å²) in [6.07, 6.45) is 0.170. The Labute approximate surface area is 407 Å². The number of rotatable bonds is 30. The molecule has 0 aromatic heterocycles. The number of benzene rings is 1. The zero-order valence-corrected chi connectivity index (χ0v) is 42.5. The average Bonchev–Trinajstić information content (AvgIpc) is 3.23. The van der Waals surface area contributed by atoms with Gasteiger partial charge in [-0.2, -0.15) is 0 Å². The molecule has 8 amide bonds. The molecule has 1 unspecified atom stereocenters. The molecule has 0 spiro atoms. The van der Waals surface area contributed by atoms with Crippen LogP contribution in [0.4, 0.5) is 0 Å². The number of nitrogens with one attached hydrogen (secondary N) is 8. The molecule has 22 nitrogen and oxygen atoms in total. The van der Waals surface area contributed by atoms with Gasteiger partial charge in [-0.1, -0.05) is 67.5 Å². The standard InChI is InChI=1S/C46H77N9O13S/c1-23(2)18-33(50-36(58)22-48-39(59)27(9)49-42(62)34(19-24(3)4)52-40(60)31(47)21-29-12-14-30(57)15-13-29)43(63)53-35(20-25(5)6)44(64)55-38(28(10)56)45(65)51-32(16-17-69(11)68)41(61)54-37(26(7)8)46(66)67/h12-15,23-28,31-35,37-38,56-57H,16-22,47H2,1-11H3,(H,48,59)(H,49,62)(H,50,58)(H,51,65)(H,52,60)(H,53,63)(H,54,61)(H,55,64)(H,66,67)/t27-,28+,31-,32-,33-,34-,35-,37-,38-,69?/m0/s1. The molecule has 0 bridgehead atoms. The van der Waals surface area contributed by atoms with Gasteiger partial charge in [0, 0.05) is 22.8 Å². The predicted octanol–water partition coefficient (Wildman–Crippen LogP) is -1.18. The third-order valence-electron chi connectivity index (χ3n) is 10.6. The average molecular weight is 996 g/mol. The molecule has 69 heavy (non-hydrogen) atoms. The van der Waals surface area contributed by atoms with Gasteiger partial charge in [0.1, 0.15) is 48.0 Å². The molecule has 0 aliphatic carbocycles. The van der Waals surface area contributed by atoms with E-state index in [9.17, 15) is 62.7 Å². The second-order valence-electron chi connectivity index (χ2n) is 19.0. The molecule has 0 aliphatic heterocycles. The molecule has 23 heteroatoms. The van der Waals surface area contributed by atoms with Crippen molar-refractivity contribution >= 4 is 64.0 Å². The summed E-state index contributed by atoms with van der Waals surface area (Å²) in [4.78, 5) is 119. The number of aliphatic carboxylic acids is 1. The highest BCUT2D eigenvalue weighted by Crippen LogP contribution is 2.13. The van der Waals surface area contributed by atoms with Crippen LogP contribution in [-0.4, -0.2) is 146 Å². The number of amides is 8. The summed E-state index contributed by atoms with van der Waals surface area (Å²) in [5, 5.41) is 49.8. The van der Waals surface area contributed by atoms with E-state index >= 15 is 0 Å². The van der Waals surface area contributed by atoms with Crippen molar-refractivity contribution in [3.63, 3.8) is 0 Å². The number of aliphatic hydroxyl groups is 1. The highest BCUT2D eigenvalue weighted by atomic mass is 32.2. The van der Waals surface area contributed by atoms with E-state index < -0.39 is 131 Å². The van der Waals surface area contributed by atoms with Crippen molar-refractivity contribution in [1.82, 2.24) is 42.5 Å². The second-order valence-corrected chi connectivity index (χ2v) is 20.5. The smallest absolute Gasteiger partial charge is 0.326 e. The van der Waals surface area contributed by atoms with E-state index in [4.69, 9.17) is 5.73 Å². The summed E-state index contributed by atoms with van der Waals surface area (Å²) in [6, 6.07) is -3.96. The Hall–Kier alpha value is -5.68. The molecular weight excluding hydrogens is 919 g/mol. The maximum Gasteiger partial charge on any atom is 0.326 e. The van der Waals surface area contributed by atoms with Crippen LogP contribution >= 0.6 is 0 Å². The van der Waals surface area contributed by atoms with Crippen LogP contribution in [0.2, 0.25) is 0 Å².